The maximum Gasteiger partial charge on any atom is 0.147 e. The fourth-order valence-corrected chi connectivity index (χ4v) is 4.40. The van der Waals surface area contributed by atoms with E-state index in [2.05, 4.69) is 53.1 Å². The first-order valence-electron chi connectivity index (χ1n) is 5.67. The van der Waals surface area contributed by atoms with E-state index in [1.54, 1.807) is 0 Å². The number of nitrogens with one attached hydrogen (secondary N) is 1. The number of hydrogen-bond donors (Lipinski definition) is 1. The van der Waals surface area contributed by atoms with E-state index in [0.29, 0.717) is 6.04 Å². The van der Waals surface area contributed by atoms with Crippen LogP contribution in [0.1, 0.15) is 19.3 Å². The Morgan fingerprint density at radius 3 is 2.47 bits per heavy atom. The SMILES string of the molecule is Brc1cc(Br)c(OCC2CCCCN2)c(Br)c1. The first-order valence-corrected chi connectivity index (χ1v) is 8.05. The largest absolute Gasteiger partial charge is 0.490 e. The molecule has 1 atom stereocenters. The Labute approximate surface area is 127 Å². The summed E-state index contributed by atoms with van der Waals surface area (Å²) in [5.74, 6) is 0.876. The molecule has 1 aliphatic rings. The Kier molecular flexibility index (Phi) is 5.33. The van der Waals surface area contributed by atoms with Crippen LogP contribution in [-0.2, 0) is 0 Å². The number of piperidine rings is 1. The van der Waals surface area contributed by atoms with Crippen LogP contribution in [0.4, 0.5) is 0 Å². The number of ether oxygens (including phenoxy) is 1. The van der Waals surface area contributed by atoms with Gasteiger partial charge in [0.15, 0.2) is 0 Å². The average Bonchev–Trinajstić information content (AvgIpc) is 2.29. The molecule has 0 radical (unpaired) electrons. The Morgan fingerprint density at radius 2 is 1.88 bits per heavy atom. The number of rotatable bonds is 3. The number of halogens is 3. The maximum atomic E-state index is 5.88. The summed E-state index contributed by atoms with van der Waals surface area (Å²) in [5.41, 5.74) is 0. The van der Waals surface area contributed by atoms with Crippen LogP contribution in [-0.4, -0.2) is 19.2 Å². The molecule has 1 saturated heterocycles. The van der Waals surface area contributed by atoms with Crippen molar-refractivity contribution in [1.82, 2.24) is 5.32 Å². The van der Waals surface area contributed by atoms with Gasteiger partial charge in [-0.25, -0.2) is 0 Å². The molecule has 0 saturated carbocycles. The van der Waals surface area contributed by atoms with Crippen LogP contribution < -0.4 is 10.1 Å². The normalized spacial score (nSPS) is 20.3. The molecule has 0 aromatic heterocycles. The quantitative estimate of drug-likeness (QED) is 0.767. The van der Waals surface area contributed by atoms with Crippen molar-refractivity contribution in [3.8, 4) is 5.75 Å². The van der Waals surface area contributed by atoms with Crippen molar-refractivity contribution in [2.24, 2.45) is 0 Å². The van der Waals surface area contributed by atoms with Crippen molar-refractivity contribution in [2.75, 3.05) is 13.2 Å². The first-order chi connectivity index (χ1) is 8.16. The Hall–Kier alpha value is 0.420. The third kappa shape index (κ3) is 3.94. The molecular formula is C12H14Br3NO. The zero-order valence-corrected chi connectivity index (χ0v) is 14.1. The van der Waals surface area contributed by atoms with Crippen molar-refractivity contribution < 1.29 is 4.74 Å². The van der Waals surface area contributed by atoms with Gasteiger partial charge in [0.05, 0.1) is 8.95 Å². The third-order valence-electron chi connectivity index (χ3n) is 2.80. The highest BCUT2D eigenvalue weighted by Gasteiger charge is 2.15. The van der Waals surface area contributed by atoms with Gasteiger partial charge < -0.3 is 10.1 Å². The van der Waals surface area contributed by atoms with E-state index >= 15 is 0 Å². The second-order valence-corrected chi connectivity index (χ2v) is 6.78. The van der Waals surface area contributed by atoms with Crippen molar-refractivity contribution >= 4 is 47.8 Å². The van der Waals surface area contributed by atoms with Gasteiger partial charge in [0.25, 0.3) is 0 Å². The Bertz CT molecular complexity index is 368. The second-order valence-electron chi connectivity index (χ2n) is 4.16. The van der Waals surface area contributed by atoms with E-state index in [-0.39, 0.29) is 0 Å². The highest BCUT2D eigenvalue weighted by atomic mass is 79.9. The highest BCUT2D eigenvalue weighted by Crippen LogP contribution is 2.36. The van der Waals surface area contributed by atoms with Gasteiger partial charge in [0.2, 0.25) is 0 Å². The number of benzene rings is 1. The van der Waals surface area contributed by atoms with E-state index in [1.807, 2.05) is 12.1 Å². The van der Waals surface area contributed by atoms with Crippen LogP contribution in [0.15, 0.2) is 25.6 Å². The van der Waals surface area contributed by atoms with Gasteiger partial charge in [-0.3, -0.25) is 0 Å². The minimum atomic E-state index is 0.478. The van der Waals surface area contributed by atoms with E-state index in [1.165, 1.54) is 19.3 Å². The topological polar surface area (TPSA) is 21.3 Å². The smallest absolute Gasteiger partial charge is 0.147 e. The van der Waals surface area contributed by atoms with Gasteiger partial charge in [-0.05, 0) is 63.4 Å². The fraction of sp³-hybridized carbons (Fsp3) is 0.500. The van der Waals surface area contributed by atoms with Crippen LogP contribution in [0.3, 0.4) is 0 Å². The van der Waals surface area contributed by atoms with E-state index in [9.17, 15) is 0 Å². The summed E-state index contributed by atoms with van der Waals surface area (Å²) in [6.45, 7) is 1.83. The Morgan fingerprint density at radius 1 is 1.18 bits per heavy atom. The summed E-state index contributed by atoms with van der Waals surface area (Å²) in [6, 6.07) is 4.47. The molecule has 0 aliphatic carbocycles. The summed E-state index contributed by atoms with van der Waals surface area (Å²) >= 11 is 10.5. The summed E-state index contributed by atoms with van der Waals surface area (Å²) < 4.78 is 8.85. The molecule has 17 heavy (non-hydrogen) atoms. The van der Waals surface area contributed by atoms with Crippen molar-refractivity contribution in [2.45, 2.75) is 25.3 Å². The van der Waals surface area contributed by atoms with Crippen LogP contribution in [0.25, 0.3) is 0 Å². The lowest BCUT2D eigenvalue weighted by molar-refractivity contribution is 0.237. The summed E-state index contributed by atoms with van der Waals surface area (Å²) in [7, 11) is 0. The summed E-state index contributed by atoms with van der Waals surface area (Å²) in [5, 5.41) is 3.47. The van der Waals surface area contributed by atoms with Gasteiger partial charge in [0.1, 0.15) is 12.4 Å². The maximum absolute atomic E-state index is 5.88. The molecule has 2 rings (SSSR count). The monoisotopic (exact) mass is 425 g/mol. The van der Waals surface area contributed by atoms with Crippen molar-refractivity contribution in [3.63, 3.8) is 0 Å². The first kappa shape index (κ1) is 13.8. The standard InChI is InChI=1S/C12H14Br3NO/c13-8-5-10(14)12(11(15)6-8)17-7-9-3-1-2-4-16-9/h5-6,9,16H,1-4,7H2. The molecule has 1 unspecified atom stereocenters. The average molecular weight is 428 g/mol. The summed E-state index contributed by atoms with van der Waals surface area (Å²) in [6.07, 6.45) is 3.78. The fourth-order valence-electron chi connectivity index (χ4n) is 1.92. The molecule has 0 amide bonds. The zero-order chi connectivity index (χ0) is 12.3. The summed E-state index contributed by atoms with van der Waals surface area (Å²) in [4.78, 5) is 0. The van der Waals surface area contributed by atoms with Crippen LogP contribution in [0, 0.1) is 0 Å². The molecule has 1 heterocycles. The van der Waals surface area contributed by atoms with Gasteiger partial charge >= 0.3 is 0 Å². The number of hydrogen-bond acceptors (Lipinski definition) is 2. The predicted molar refractivity (Wildman–Crippen MR) is 80.7 cm³/mol. The lowest BCUT2D eigenvalue weighted by Crippen LogP contribution is -2.38. The Balaban J connectivity index is 1.98. The molecule has 1 fully saturated rings. The molecule has 1 aromatic carbocycles. The lowest BCUT2D eigenvalue weighted by Gasteiger charge is -2.24. The molecular weight excluding hydrogens is 414 g/mol. The lowest BCUT2D eigenvalue weighted by atomic mass is 10.1. The zero-order valence-electron chi connectivity index (χ0n) is 9.31. The molecule has 5 heteroatoms. The third-order valence-corrected chi connectivity index (χ3v) is 4.44. The van der Waals surface area contributed by atoms with Gasteiger partial charge in [-0.2, -0.15) is 0 Å². The molecule has 2 nitrogen and oxygen atoms in total. The second kappa shape index (κ2) is 6.55. The van der Waals surface area contributed by atoms with Crippen LogP contribution >= 0.6 is 47.8 Å². The van der Waals surface area contributed by atoms with Gasteiger partial charge in [-0.15, -0.1) is 0 Å². The molecule has 1 aromatic rings. The molecule has 1 aliphatic heterocycles. The van der Waals surface area contributed by atoms with Gasteiger partial charge in [0, 0.05) is 10.5 Å². The minimum Gasteiger partial charge on any atom is -0.490 e. The van der Waals surface area contributed by atoms with Crippen LogP contribution in [0.2, 0.25) is 0 Å². The van der Waals surface area contributed by atoms with E-state index in [0.717, 1.165) is 32.3 Å². The predicted octanol–water partition coefficient (Wildman–Crippen LogP) is 4.50. The minimum absolute atomic E-state index is 0.478. The molecule has 0 spiro atoms. The van der Waals surface area contributed by atoms with Crippen molar-refractivity contribution in [1.29, 1.82) is 0 Å². The highest BCUT2D eigenvalue weighted by molar-refractivity contribution is 9.11. The van der Waals surface area contributed by atoms with Gasteiger partial charge in [-0.1, -0.05) is 22.4 Å². The van der Waals surface area contributed by atoms with Crippen molar-refractivity contribution in [3.05, 3.63) is 25.6 Å². The van der Waals surface area contributed by atoms with E-state index < -0.39 is 0 Å². The molecule has 94 valence electrons. The molecule has 0 bridgehead atoms. The van der Waals surface area contributed by atoms with E-state index in [4.69, 9.17) is 4.74 Å². The van der Waals surface area contributed by atoms with Crippen LogP contribution in [0.5, 0.6) is 5.75 Å². The molecule has 1 N–H and O–H groups in total.